The van der Waals surface area contributed by atoms with E-state index in [0.717, 1.165) is 17.3 Å². The minimum absolute atomic E-state index is 0.220. The summed E-state index contributed by atoms with van der Waals surface area (Å²) in [6.45, 7) is 1.77. The minimum atomic E-state index is -1.08. The predicted octanol–water partition coefficient (Wildman–Crippen LogP) is 0.949. The lowest BCUT2D eigenvalue weighted by atomic mass is 10.1. The van der Waals surface area contributed by atoms with Crippen LogP contribution in [0.25, 0.3) is 0 Å². The quantitative estimate of drug-likeness (QED) is 0.492. The van der Waals surface area contributed by atoms with E-state index in [1.165, 1.54) is 0 Å². The summed E-state index contributed by atoms with van der Waals surface area (Å²) in [5, 5.41) is 3.85. The van der Waals surface area contributed by atoms with E-state index < -0.39 is 22.8 Å². The molecule has 0 aromatic heterocycles. The van der Waals surface area contributed by atoms with Crippen molar-refractivity contribution in [1.29, 1.82) is 0 Å². The topological polar surface area (TPSA) is 75.3 Å². The van der Waals surface area contributed by atoms with E-state index >= 15 is 0 Å². The van der Waals surface area contributed by atoms with Gasteiger partial charge in [0, 0.05) is 0 Å². The maximum absolute atomic E-state index is 11.9. The van der Waals surface area contributed by atoms with Crippen LogP contribution in [0, 0.1) is 0 Å². The standard InChI is InChI=1S/C13H12N2O3S2/c1-7(8-5-3-2-4-6-8)14-11(17)9(16)10-12(18)15-13(19)20-10/h2-7,10H,1H3,(H,14,17)(H,15,18,19)/t7-,10-/m0/s1. The summed E-state index contributed by atoms with van der Waals surface area (Å²) in [4.78, 5) is 35.2. The van der Waals surface area contributed by atoms with Crippen LogP contribution < -0.4 is 10.6 Å². The highest BCUT2D eigenvalue weighted by Gasteiger charge is 2.38. The molecule has 104 valence electrons. The molecule has 2 atom stereocenters. The van der Waals surface area contributed by atoms with Crippen molar-refractivity contribution in [2.45, 2.75) is 18.2 Å². The molecule has 0 bridgehead atoms. The van der Waals surface area contributed by atoms with Gasteiger partial charge in [0.25, 0.3) is 5.91 Å². The van der Waals surface area contributed by atoms with Gasteiger partial charge in [0.05, 0.1) is 6.04 Å². The summed E-state index contributed by atoms with van der Waals surface area (Å²) in [5.41, 5.74) is 0.882. The molecule has 0 unspecified atom stereocenters. The first-order chi connectivity index (χ1) is 9.49. The number of Topliss-reactive ketones (excluding diaryl/α,β-unsaturated/α-hetero) is 1. The molecule has 0 saturated carbocycles. The van der Waals surface area contributed by atoms with Gasteiger partial charge in [0.15, 0.2) is 5.25 Å². The lowest BCUT2D eigenvalue weighted by Gasteiger charge is -2.14. The number of amides is 2. The van der Waals surface area contributed by atoms with Gasteiger partial charge in [-0.15, -0.1) is 0 Å². The third-order valence-corrected chi connectivity index (χ3v) is 4.17. The first kappa shape index (κ1) is 14.7. The second-order valence-electron chi connectivity index (χ2n) is 4.24. The van der Waals surface area contributed by atoms with Crippen LogP contribution in [-0.2, 0) is 14.4 Å². The van der Waals surface area contributed by atoms with E-state index in [4.69, 9.17) is 12.2 Å². The Labute approximate surface area is 125 Å². The van der Waals surface area contributed by atoms with Gasteiger partial charge < -0.3 is 10.6 Å². The van der Waals surface area contributed by atoms with Crippen molar-refractivity contribution < 1.29 is 14.4 Å². The fourth-order valence-corrected chi connectivity index (χ4v) is 2.88. The minimum Gasteiger partial charge on any atom is -0.343 e. The van der Waals surface area contributed by atoms with E-state index in [1.54, 1.807) is 6.92 Å². The van der Waals surface area contributed by atoms with Crippen molar-refractivity contribution in [2.75, 3.05) is 0 Å². The highest BCUT2D eigenvalue weighted by molar-refractivity contribution is 8.25. The molecule has 1 aromatic rings. The second kappa shape index (κ2) is 6.15. The third-order valence-electron chi connectivity index (χ3n) is 2.80. The molecule has 1 fully saturated rings. The van der Waals surface area contributed by atoms with Crippen molar-refractivity contribution in [3.63, 3.8) is 0 Å². The average Bonchev–Trinajstić information content (AvgIpc) is 2.77. The summed E-state index contributed by atoms with van der Waals surface area (Å²) >= 11 is 5.68. The van der Waals surface area contributed by atoms with Gasteiger partial charge in [-0.25, -0.2) is 0 Å². The van der Waals surface area contributed by atoms with Crippen LogP contribution in [0.2, 0.25) is 0 Å². The smallest absolute Gasteiger partial charge is 0.289 e. The molecule has 2 amide bonds. The van der Waals surface area contributed by atoms with Crippen molar-refractivity contribution in [1.82, 2.24) is 10.6 Å². The van der Waals surface area contributed by atoms with Gasteiger partial charge in [-0.05, 0) is 12.5 Å². The number of thioether (sulfide) groups is 1. The number of nitrogens with one attached hydrogen (secondary N) is 2. The molecule has 20 heavy (non-hydrogen) atoms. The molecule has 1 aliphatic heterocycles. The average molecular weight is 308 g/mol. The van der Waals surface area contributed by atoms with Crippen LogP contribution in [0.5, 0.6) is 0 Å². The summed E-state index contributed by atoms with van der Waals surface area (Å²) < 4.78 is 0.220. The molecule has 2 rings (SSSR count). The van der Waals surface area contributed by atoms with Crippen LogP contribution >= 0.6 is 24.0 Å². The second-order valence-corrected chi connectivity index (χ2v) is 6.03. The SMILES string of the molecule is C[C@H](NC(=O)C(=O)[C@@H]1SC(=S)NC1=O)c1ccccc1. The molecule has 0 spiro atoms. The Kier molecular flexibility index (Phi) is 4.51. The molecule has 1 heterocycles. The number of hydrogen-bond donors (Lipinski definition) is 2. The monoisotopic (exact) mass is 308 g/mol. The maximum atomic E-state index is 11.9. The number of ketones is 1. The Balaban J connectivity index is 2.00. The molecular formula is C13H12N2O3S2. The van der Waals surface area contributed by atoms with Crippen molar-refractivity contribution in [3.05, 3.63) is 35.9 Å². The molecule has 2 N–H and O–H groups in total. The largest absolute Gasteiger partial charge is 0.343 e. The fourth-order valence-electron chi connectivity index (χ4n) is 1.74. The number of rotatable bonds is 4. The fraction of sp³-hybridized carbons (Fsp3) is 0.231. The van der Waals surface area contributed by atoms with Crippen LogP contribution in [0.15, 0.2) is 30.3 Å². The summed E-state index contributed by atoms with van der Waals surface area (Å²) in [5.74, 6) is -2.10. The molecule has 1 aliphatic rings. The zero-order valence-corrected chi connectivity index (χ0v) is 12.2. The predicted molar refractivity (Wildman–Crippen MR) is 80.1 cm³/mol. The molecule has 7 heteroatoms. The molecular weight excluding hydrogens is 296 g/mol. The Bertz CT molecular complexity index is 574. The number of carbonyl (C=O) groups excluding carboxylic acids is 3. The van der Waals surface area contributed by atoms with Crippen LogP contribution in [0.4, 0.5) is 0 Å². The summed E-state index contributed by atoms with van der Waals surface area (Å²) in [6.07, 6.45) is 0. The van der Waals surface area contributed by atoms with Gasteiger partial charge in [-0.3, -0.25) is 14.4 Å². The Hall–Kier alpha value is -1.73. The van der Waals surface area contributed by atoms with E-state index in [-0.39, 0.29) is 10.4 Å². The first-order valence-electron chi connectivity index (χ1n) is 5.90. The summed E-state index contributed by atoms with van der Waals surface area (Å²) in [7, 11) is 0. The number of carbonyl (C=O) groups is 3. The lowest BCUT2D eigenvalue weighted by Crippen LogP contribution is -2.41. The van der Waals surface area contributed by atoms with Crippen molar-refractivity contribution in [3.8, 4) is 0 Å². The highest BCUT2D eigenvalue weighted by Crippen LogP contribution is 2.20. The van der Waals surface area contributed by atoms with Crippen LogP contribution in [0.1, 0.15) is 18.5 Å². The van der Waals surface area contributed by atoms with E-state index in [2.05, 4.69) is 10.6 Å². The summed E-state index contributed by atoms with van der Waals surface area (Å²) in [6, 6.07) is 8.94. The zero-order valence-electron chi connectivity index (χ0n) is 10.6. The van der Waals surface area contributed by atoms with Gasteiger partial charge in [0.1, 0.15) is 4.32 Å². The normalized spacial score (nSPS) is 19.4. The van der Waals surface area contributed by atoms with Crippen molar-refractivity contribution in [2.24, 2.45) is 0 Å². The number of thiocarbonyl (C=S) groups is 1. The Morgan fingerprint density at radius 3 is 2.55 bits per heavy atom. The van der Waals surface area contributed by atoms with Gasteiger partial charge in [0.2, 0.25) is 11.7 Å². The van der Waals surface area contributed by atoms with E-state index in [9.17, 15) is 14.4 Å². The maximum Gasteiger partial charge on any atom is 0.289 e. The zero-order chi connectivity index (χ0) is 14.7. The lowest BCUT2D eigenvalue weighted by molar-refractivity contribution is -0.139. The van der Waals surface area contributed by atoms with Crippen LogP contribution in [0.3, 0.4) is 0 Å². The van der Waals surface area contributed by atoms with Crippen LogP contribution in [-0.4, -0.2) is 27.2 Å². The number of benzene rings is 1. The number of hydrogen-bond acceptors (Lipinski definition) is 5. The van der Waals surface area contributed by atoms with Gasteiger partial charge in [-0.2, -0.15) is 0 Å². The van der Waals surface area contributed by atoms with Gasteiger partial charge in [-0.1, -0.05) is 54.3 Å². The third kappa shape index (κ3) is 3.23. The van der Waals surface area contributed by atoms with Gasteiger partial charge >= 0.3 is 0 Å². The van der Waals surface area contributed by atoms with E-state index in [1.807, 2.05) is 30.3 Å². The molecule has 5 nitrogen and oxygen atoms in total. The Morgan fingerprint density at radius 2 is 2.00 bits per heavy atom. The molecule has 0 radical (unpaired) electrons. The van der Waals surface area contributed by atoms with E-state index in [0.29, 0.717) is 0 Å². The molecule has 0 aliphatic carbocycles. The molecule has 1 saturated heterocycles. The van der Waals surface area contributed by atoms with Crippen molar-refractivity contribution >= 4 is 45.9 Å². The Morgan fingerprint density at radius 1 is 1.35 bits per heavy atom. The molecule has 1 aromatic carbocycles. The highest BCUT2D eigenvalue weighted by atomic mass is 32.2. The first-order valence-corrected chi connectivity index (χ1v) is 7.19.